The highest BCUT2D eigenvalue weighted by Crippen LogP contribution is 2.41. The van der Waals surface area contributed by atoms with Gasteiger partial charge in [-0.05, 0) is 37.8 Å². The third-order valence-corrected chi connectivity index (χ3v) is 5.82. The smallest absolute Gasteiger partial charge is 0.242 e. The molecular weight excluding hydrogens is 316 g/mol. The standard InChI is InChI=1S/C18H24N6O/c1-13-19-8-9-23(13)12-18(25)24-10-14-5-6-16(15(14)11-24)22(2)17-4-3-7-20-21-17/h3-4,7-9,14-16H,5-6,10-12H2,1-2H3/t14-,15+,16+/m1/s1. The molecule has 132 valence electrons. The van der Waals surface area contributed by atoms with Gasteiger partial charge in [0.25, 0.3) is 0 Å². The number of hydrogen-bond donors (Lipinski definition) is 0. The molecule has 3 atom stereocenters. The normalized spacial score (nSPS) is 25.2. The Hall–Kier alpha value is -2.44. The van der Waals surface area contributed by atoms with Crippen molar-refractivity contribution in [1.82, 2.24) is 24.6 Å². The van der Waals surface area contributed by atoms with Gasteiger partial charge in [-0.3, -0.25) is 4.79 Å². The zero-order chi connectivity index (χ0) is 17.4. The van der Waals surface area contributed by atoms with Crippen LogP contribution in [0.2, 0.25) is 0 Å². The summed E-state index contributed by atoms with van der Waals surface area (Å²) in [7, 11) is 2.09. The highest BCUT2D eigenvalue weighted by Gasteiger charge is 2.45. The third kappa shape index (κ3) is 2.99. The van der Waals surface area contributed by atoms with Gasteiger partial charge in [0, 0.05) is 50.7 Å². The summed E-state index contributed by atoms with van der Waals surface area (Å²) in [6, 6.07) is 4.35. The molecule has 0 unspecified atom stereocenters. The number of fused-ring (bicyclic) bond motifs is 1. The van der Waals surface area contributed by atoms with Gasteiger partial charge in [-0.25, -0.2) is 4.98 Å². The fourth-order valence-corrected chi connectivity index (χ4v) is 4.39. The van der Waals surface area contributed by atoms with Crippen molar-refractivity contribution < 1.29 is 4.79 Å². The second-order valence-electron chi connectivity index (χ2n) is 7.16. The van der Waals surface area contributed by atoms with E-state index in [9.17, 15) is 4.79 Å². The second-order valence-corrected chi connectivity index (χ2v) is 7.16. The van der Waals surface area contributed by atoms with E-state index in [1.165, 1.54) is 6.42 Å². The van der Waals surface area contributed by atoms with E-state index < -0.39 is 0 Å². The van der Waals surface area contributed by atoms with E-state index in [1.54, 1.807) is 12.4 Å². The van der Waals surface area contributed by atoms with Crippen molar-refractivity contribution in [3.8, 4) is 0 Å². The quantitative estimate of drug-likeness (QED) is 0.841. The number of amides is 1. The van der Waals surface area contributed by atoms with Gasteiger partial charge in [-0.15, -0.1) is 5.10 Å². The zero-order valence-corrected chi connectivity index (χ0v) is 14.7. The number of carbonyl (C=O) groups is 1. The number of aromatic nitrogens is 4. The van der Waals surface area contributed by atoms with E-state index in [0.717, 1.165) is 31.2 Å². The fourth-order valence-electron chi connectivity index (χ4n) is 4.39. The minimum Gasteiger partial charge on any atom is -0.355 e. The summed E-state index contributed by atoms with van der Waals surface area (Å²) in [6.07, 6.45) is 7.64. The Labute approximate surface area is 147 Å². The van der Waals surface area contributed by atoms with Gasteiger partial charge in [0.1, 0.15) is 12.4 Å². The van der Waals surface area contributed by atoms with Gasteiger partial charge in [0.2, 0.25) is 5.91 Å². The molecule has 2 aromatic heterocycles. The molecule has 3 heterocycles. The van der Waals surface area contributed by atoms with Crippen molar-refractivity contribution in [3.05, 3.63) is 36.5 Å². The van der Waals surface area contributed by atoms with Crippen LogP contribution in [0, 0.1) is 18.8 Å². The highest BCUT2D eigenvalue weighted by atomic mass is 16.2. The molecule has 25 heavy (non-hydrogen) atoms. The Morgan fingerprint density at radius 2 is 2.20 bits per heavy atom. The lowest BCUT2D eigenvalue weighted by Crippen LogP contribution is -2.39. The molecule has 2 aromatic rings. The zero-order valence-electron chi connectivity index (χ0n) is 14.7. The summed E-state index contributed by atoms with van der Waals surface area (Å²) < 4.78 is 1.92. The first kappa shape index (κ1) is 16.1. The lowest BCUT2D eigenvalue weighted by atomic mass is 9.97. The maximum atomic E-state index is 12.7. The number of rotatable bonds is 4. The molecule has 4 rings (SSSR count). The molecule has 0 radical (unpaired) electrons. The molecule has 2 aliphatic rings. The second kappa shape index (κ2) is 6.46. The fraction of sp³-hybridized carbons (Fsp3) is 0.556. The van der Waals surface area contributed by atoms with Crippen molar-refractivity contribution in [2.24, 2.45) is 11.8 Å². The lowest BCUT2D eigenvalue weighted by molar-refractivity contribution is -0.131. The van der Waals surface area contributed by atoms with Crippen molar-refractivity contribution in [3.63, 3.8) is 0 Å². The predicted molar refractivity (Wildman–Crippen MR) is 94.0 cm³/mol. The van der Waals surface area contributed by atoms with Crippen molar-refractivity contribution in [1.29, 1.82) is 0 Å². The average molecular weight is 340 g/mol. The van der Waals surface area contributed by atoms with Gasteiger partial charge in [-0.2, -0.15) is 5.10 Å². The van der Waals surface area contributed by atoms with Crippen LogP contribution in [0.3, 0.4) is 0 Å². The van der Waals surface area contributed by atoms with E-state index >= 15 is 0 Å². The number of carbonyl (C=O) groups excluding carboxylic acids is 1. The molecule has 7 heteroatoms. The van der Waals surface area contributed by atoms with Crippen LogP contribution in [0.5, 0.6) is 0 Å². The number of aryl methyl sites for hydroxylation is 1. The molecule has 7 nitrogen and oxygen atoms in total. The van der Waals surface area contributed by atoms with Crippen LogP contribution in [0.25, 0.3) is 0 Å². The van der Waals surface area contributed by atoms with E-state index in [-0.39, 0.29) is 5.91 Å². The molecule has 1 saturated carbocycles. The maximum Gasteiger partial charge on any atom is 0.242 e. The Kier molecular flexibility index (Phi) is 4.15. The van der Waals surface area contributed by atoms with Crippen molar-refractivity contribution in [2.45, 2.75) is 32.4 Å². The minimum absolute atomic E-state index is 0.191. The summed E-state index contributed by atoms with van der Waals surface area (Å²) in [5, 5.41) is 8.23. The van der Waals surface area contributed by atoms with Crippen LogP contribution in [-0.2, 0) is 11.3 Å². The molecule has 0 bridgehead atoms. The number of likely N-dealkylation sites (tertiary alicyclic amines) is 1. The summed E-state index contributed by atoms with van der Waals surface area (Å²) in [4.78, 5) is 21.2. The maximum absolute atomic E-state index is 12.7. The molecule has 0 spiro atoms. The number of nitrogens with zero attached hydrogens (tertiary/aromatic N) is 6. The number of anilines is 1. The monoisotopic (exact) mass is 340 g/mol. The number of hydrogen-bond acceptors (Lipinski definition) is 5. The lowest BCUT2D eigenvalue weighted by Gasteiger charge is -2.30. The summed E-state index contributed by atoms with van der Waals surface area (Å²) >= 11 is 0. The molecule has 0 N–H and O–H groups in total. The van der Waals surface area contributed by atoms with Crippen LogP contribution >= 0.6 is 0 Å². The van der Waals surface area contributed by atoms with Crippen LogP contribution in [0.4, 0.5) is 5.82 Å². The van der Waals surface area contributed by atoms with Crippen LogP contribution in [-0.4, -0.2) is 56.7 Å². The summed E-state index contributed by atoms with van der Waals surface area (Å²) in [5.74, 6) is 3.09. The first-order valence-electron chi connectivity index (χ1n) is 8.89. The van der Waals surface area contributed by atoms with Gasteiger partial charge in [0.15, 0.2) is 5.82 Å². The first-order chi connectivity index (χ1) is 12.1. The third-order valence-electron chi connectivity index (χ3n) is 5.82. The van der Waals surface area contributed by atoms with Crippen molar-refractivity contribution in [2.75, 3.05) is 25.0 Å². The number of imidazole rings is 1. The first-order valence-corrected chi connectivity index (χ1v) is 8.89. The Morgan fingerprint density at radius 1 is 1.32 bits per heavy atom. The molecule has 1 aliphatic carbocycles. The Balaban J connectivity index is 1.42. The largest absolute Gasteiger partial charge is 0.355 e. The molecule has 1 aliphatic heterocycles. The van der Waals surface area contributed by atoms with E-state index in [0.29, 0.717) is 24.4 Å². The highest BCUT2D eigenvalue weighted by molar-refractivity contribution is 5.76. The SMILES string of the molecule is Cc1nccn1CC(=O)N1C[C@H]2CC[C@H](N(C)c3cccnn3)[C@H]2C1. The van der Waals surface area contributed by atoms with Crippen LogP contribution in [0.1, 0.15) is 18.7 Å². The molecule has 1 saturated heterocycles. The Bertz CT molecular complexity index is 745. The summed E-state index contributed by atoms with van der Waals surface area (Å²) in [6.45, 7) is 4.03. The van der Waals surface area contributed by atoms with E-state index in [1.807, 2.05) is 34.7 Å². The van der Waals surface area contributed by atoms with Crippen LogP contribution < -0.4 is 4.90 Å². The van der Waals surface area contributed by atoms with Gasteiger partial charge in [-0.1, -0.05) is 0 Å². The Morgan fingerprint density at radius 3 is 2.92 bits per heavy atom. The summed E-state index contributed by atoms with van der Waals surface area (Å²) in [5.41, 5.74) is 0. The van der Waals surface area contributed by atoms with E-state index in [4.69, 9.17) is 0 Å². The minimum atomic E-state index is 0.191. The van der Waals surface area contributed by atoms with Gasteiger partial charge in [0.05, 0.1) is 0 Å². The van der Waals surface area contributed by atoms with Gasteiger partial charge >= 0.3 is 0 Å². The van der Waals surface area contributed by atoms with Crippen LogP contribution in [0.15, 0.2) is 30.7 Å². The molecular formula is C18H24N6O. The molecule has 0 aromatic carbocycles. The van der Waals surface area contributed by atoms with E-state index in [2.05, 4.69) is 27.1 Å². The average Bonchev–Trinajstić information content (AvgIpc) is 3.31. The van der Waals surface area contributed by atoms with Crippen molar-refractivity contribution >= 4 is 11.7 Å². The predicted octanol–water partition coefficient (Wildman–Crippen LogP) is 1.35. The molecule has 1 amide bonds. The topological polar surface area (TPSA) is 67.2 Å². The van der Waals surface area contributed by atoms with Gasteiger partial charge < -0.3 is 14.4 Å². The molecule has 2 fully saturated rings.